The number of hydrogen-bond donors (Lipinski definition) is 3. The molecule has 10 heteroatoms. The molecule has 0 unspecified atom stereocenters. The first-order chi connectivity index (χ1) is 16.9. The first kappa shape index (κ1) is 24.3. The van der Waals surface area contributed by atoms with Gasteiger partial charge in [0.15, 0.2) is 10.9 Å². The van der Waals surface area contributed by atoms with Crippen LogP contribution >= 0.6 is 35.4 Å². The van der Waals surface area contributed by atoms with Gasteiger partial charge in [-0.1, -0.05) is 35.3 Å². The van der Waals surface area contributed by atoms with Gasteiger partial charge in [-0.05, 0) is 72.9 Å². The quantitative estimate of drug-likeness (QED) is 0.193. The number of carbonyl (C=O) groups excluding carboxylic acids is 2. The molecule has 0 saturated heterocycles. The van der Waals surface area contributed by atoms with E-state index in [-0.39, 0.29) is 16.8 Å². The Morgan fingerprint density at radius 1 is 0.914 bits per heavy atom. The van der Waals surface area contributed by atoms with Gasteiger partial charge in [-0.25, -0.2) is 0 Å². The smallest absolute Gasteiger partial charge is 0.291 e. The molecule has 2 aromatic carbocycles. The van der Waals surface area contributed by atoms with Crippen LogP contribution in [0.5, 0.6) is 0 Å². The average Bonchev–Trinajstić information content (AvgIpc) is 3.52. The second-order valence-electron chi connectivity index (χ2n) is 7.09. The third-order valence-electron chi connectivity index (χ3n) is 4.60. The molecule has 4 aromatic rings. The molecule has 35 heavy (non-hydrogen) atoms. The van der Waals surface area contributed by atoms with Crippen LogP contribution in [-0.4, -0.2) is 16.9 Å². The molecule has 2 heterocycles. The highest BCUT2D eigenvalue weighted by atomic mass is 35.5. The van der Waals surface area contributed by atoms with E-state index >= 15 is 0 Å². The fourth-order valence-electron chi connectivity index (χ4n) is 3.03. The minimum Gasteiger partial charge on any atom is -0.459 e. The van der Waals surface area contributed by atoms with Crippen LogP contribution in [0, 0.1) is 0 Å². The Kier molecular flexibility index (Phi) is 7.67. The van der Waals surface area contributed by atoms with Crippen LogP contribution < -0.4 is 16.0 Å². The van der Waals surface area contributed by atoms with Gasteiger partial charge in [0.25, 0.3) is 5.91 Å². The predicted octanol–water partition coefficient (Wildman–Crippen LogP) is 6.63. The highest BCUT2D eigenvalue weighted by Crippen LogP contribution is 2.34. The summed E-state index contributed by atoms with van der Waals surface area (Å²) in [6.45, 7) is 0. The molecule has 2 amide bonds. The van der Waals surface area contributed by atoms with Gasteiger partial charge in [0.05, 0.1) is 16.3 Å². The molecule has 0 saturated carbocycles. The zero-order chi connectivity index (χ0) is 24.8. The van der Waals surface area contributed by atoms with Crippen molar-refractivity contribution in [1.82, 2.24) is 5.32 Å². The van der Waals surface area contributed by atoms with Gasteiger partial charge >= 0.3 is 0 Å². The summed E-state index contributed by atoms with van der Waals surface area (Å²) in [5, 5.41) is 9.05. The molecule has 0 radical (unpaired) electrons. The predicted molar refractivity (Wildman–Crippen MR) is 141 cm³/mol. The molecule has 176 valence electrons. The second kappa shape index (κ2) is 11.1. The Bertz CT molecular complexity index is 1410. The molecule has 7 nitrogen and oxygen atoms in total. The number of carbonyl (C=O) groups is 2. The molecule has 0 spiro atoms. The van der Waals surface area contributed by atoms with Gasteiger partial charge < -0.3 is 19.5 Å². The van der Waals surface area contributed by atoms with Crippen LogP contribution in [0.15, 0.2) is 87.9 Å². The number of furan rings is 2. The summed E-state index contributed by atoms with van der Waals surface area (Å²) < 4.78 is 10.8. The number of hydrogen-bond acceptors (Lipinski definition) is 5. The number of thiocarbonyl (C=S) groups is 1. The van der Waals surface area contributed by atoms with Crippen molar-refractivity contribution >= 4 is 69.8 Å². The van der Waals surface area contributed by atoms with Gasteiger partial charge in [-0.15, -0.1) is 0 Å². The number of anilines is 2. The van der Waals surface area contributed by atoms with E-state index in [4.69, 9.17) is 44.3 Å². The zero-order valence-corrected chi connectivity index (χ0v) is 20.2. The Balaban J connectivity index is 1.32. The number of halogens is 2. The van der Waals surface area contributed by atoms with E-state index in [1.165, 1.54) is 18.4 Å². The minimum absolute atomic E-state index is 0.0833. The maximum absolute atomic E-state index is 12.3. The van der Waals surface area contributed by atoms with E-state index < -0.39 is 5.91 Å². The van der Waals surface area contributed by atoms with Gasteiger partial charge in [-0.2, -0.15) is 0 Å². The number of benzene rings is 2. The lowest BCUT2D eigenvalue weighted by atomic mass is 10.2. The van der Waals surface area contributed by atoms with E-state index in [0.717, 1.165) is 0 Å². The third-order valence-corrected chi connectivity index (χ3v) is 5.63. The molecule has 0 bridgehead atoms. The summed E-state index contributed by atoms with van der Waals surface area (Å²) in [5.41, 5.74) is 1.75. The highest BCUT2D eigenvalue weighted by molar-refractivity contribution is 7.80. The van der Waals surface area contributed by atoms with Gasteiger partial charge in [-0.3, -0.25) is 14.9 Å². The molecule has 3 N–H and O–H groups in total. The highest BCUT2D eigenvalue weighted by Gasteiger charge is 2.11. The minimum atomic E-state index is -0.455. The molecule has 0 fully saturated rings. The number of nitrogens with one attached hydrogen (secondary N) is 3. The lowest BCUT2D eigenvalue weighted by molar-refractivity contribution is -0.115. The maximum Gasteiger partial charge on any atom is 0.291 e. The summed E-state index contributed by atoms with van der Waals surface area (Å²) in [7, 11) is 0. The largest absolute Gasteiger partial charge is 0.459 e. The topological polar surface area (TPSA) is 96.5 Å². The number of amides is 2. The van der Waals surface area contributed by atoms with Crippen LogP contribution in [0.4, 0.5) is 11.4 Å². The monoisotopic (exact) mass is 525 g/mol. The Morgan fingerprint density at radius 3 is 2.46 bits per heavy atom. The van der Waals surface area contributed by atoms with Crippen LogP contribution in [0.1, 0.15) is 16.3 Å². The lowest BCUT2D eigenvalue weighted by Crippen LogP contribution is -2.32. The summed E-state index contributed by atoms with van der Waals surface area (Å²) in [4.78, 5) is 24.4. The molecule has 2 aromatic heterocycles. The van der Waals surface area contributed by atoms with Crippen LogP contribution in [0.2, 0.25) is 10.0 Å². The van der Waals surface area contributed by atoms with Crippen molar-refractivity contribution in [2.75, 3.05) is 10.6 Å². The average molecular weight is 526 g/mol. The van der Waals surface area contributed by atoms with E-state index in [9.17, 15) is 9.59 Å². The van der Waals surface area contributed by atoms with E-state index in [1.54, 1.807) is 66.7 Å². The normalized spacial score (nSPS) is 10.8. The fourth-order valence-corrected chi connectivity index (χ4v) is 3.64. The van der Waals surface area contributed by atoms with Gasteiger partial charge in [0, 0.05) is 23.0 Å². The summed E-state index contributed by atoms with van der Waals surface area (Å²) in [5.74, 6) is 0.325. The van der Waals surface area contributed by atoms with Crippen molar-refractivity contribution in [3.63, 3.8) is 0 Å². The maximum atomic E-state index is 12.3. The fraction of sp³-hybridized carbons (Fsp3) is 0. The molecular weight excluding hydrogens is 509 g/mol. The lowest BCUT2D eigenvalue weighted by Gasteiger charge is -2.10. The SMILES string of the molecule is O=C(C=Cc1ccc(-c2cccc(Cl)c2Cl)o1)NC(=S)Nc1cccc(NC(=O)c2ccco2)c1. The van der Waals surface area contributed by atoms with Crippen molar-refractivity contribution in [3.05, 3.63) is 101 Å². The third kappa shape index (κ3) is 6.39. The second-order valence-corrected chi connectivity index (χ2v) is 8.29. The van der Waals surface area contributed by atoms with Crippen LogP contribution in [-0.2, 0) is 4.79 Å². The standard InChI is InChI=1S/C25H17Cl2N3O4S/c26-19-7-2-6-18(23(19)27)20-11-9-17(34-20)10-12-22(31)30-25(35)29-16-5-1-4-15(14-16)28-24(32)21-8-3-13-33-21/h1-14H,(H,28,32)(H2,29,30,31,35). The Hall–Kier alpha value is -3.85. The molecule has 0 atom stereocenters. The molecule has 0 aliphatic heterocycles. The van der Waals surface area contributed by atoms with Crippen molar-refractivity contribution in [3.8, 4) is 11.3 Å². The van der Waals surface area contributed by atoms with Crippen molar-refractivity contribution in [1.29, 1.82) is 0 Å². The zero-order valence-electron chi connectivity index (χ0n) is 17.9. The molecular formula is C25H17Cl2N3O4S. The van der Waals surface area contributed by atoms with Crippen molar-refractivity contribution in [2.45, 2.75) is 0 Å². The van der Waals surface area contributed by atoms with Gasteiger partial charge in [0.1, 0.15) is 11.5 Å². The Morgan fingerprint density at radius 2 is 1.69 bits per heavy atom. The summed E-state index contributed by atoms with van der Waals surface area (Å²) in [6.07, 6.45) is 4.21. The van der Waals surface area contributed by atoms with Crippen LogP contribution in [0.3, 0.4) is 0 Å². The summed E-state index contributed by atoms with van der Waals surface area (Å²) >= 11 is 17.5. The van der Waals surface area contributed by atoms with E-state index in [2.05, 4.69) is 16.0 Å². The molecule has 0 aliphatic carbocycles. The first-order valence-corrected chi connectivity index (χ1v) is 11.3. The first-order valence-electron chi connectivity index (χ1n) is 10.2. The van der Waals surface area contributed by atoms with Crippen molar-refractivity contribution in [2.24, 2.45) is 0 Å². The summed E-state index contributed by atoms with van der Waals surface area (Å²) in [6, 6.07) is 18.7. The van der Waals surface area contributed by atoms with Crippen molar-refractivity contribution < 1.29 is 18.4 Å². The van der Waals surface area contributed by atoms with Gasteiger partial charge in [0.2, 0.25) is 5.91 Å². The van der Waals surface area contributed by atoms with E-state index in [0.29, 0.717) is 38.5 Å². The Labute approximate surface area is 215 Å². The molecule has 0 aliphatic rings. The number of rotatable bonds is 6. The van der Waals surface area contributed by atoms with E-state index in [1.807, 2.05) is 0 Å². The van der Waals surface area contributed by atoms with Crippen LogP contribution in [0.25, 0.3) is 17.4 Å². The molecule has 4 rings (SSSR count).